The molecule has 5 aliphatic rings. The highest BCUT2D eigenvalue weighted by Crippen LogP contribution is 2.88. The smallest absolute Gasteiger partial charge is 0.302 e. The van der Waals surface area contributed by atoms with Crippen LogP contribution in [0.4, 0.5) is 0 Å². The van der Waals surface area contributed by atoms with Crippen molar-refractivity contribution < 1.29 is 9.53 Å². The lowest BCUT2D eigenvalue weighted by Crippen LogP contribution is -2.56. The van der Waals surface area contributed by atoms with Crippen LogP contribution < -0.4 is 0 Å². The Morgan fingerprint density at radius 1 is 0.943 bits per heavy atom. The SMILES string of the molecule is CC[C@H](/C=C/[C@@H](C)[C@H]1CC[C@@]2(C)C3CCC4[C@H](C)[C@@H](OC(C)=O)CC[C@@]45C[C@@]35CC[C@]12C)C(C)C. The molecule has 2 spiro atoms. The fourth-order valence-corrected chi connectivity index (χ4v) is 11.6. The van der Waals surface area contributed by atoms with Gasteiger partial charge >= 0.3 is 5.97 Å². The van der Waals surface area contributed by atoms with Gasteiger partial charge in [-0.1, -0.05) is 60.6 Å². The maximum Gasteiger partial charge on any atom is 0.302 e. The zero-order valence-corrected chi connectivity index (χ0v) is 24.2. The Kier molecular flexibility index (Phi) is 6.37. The van der Waals surface area contributed by atoms with Crippen molar-refractivity contribution in [3.8, 4) is 0 Å². The Morgan fingerprint density at radius 3 is 2.34 bits per heavy atom. The monoisotopic (exact) mass is 482 g/mol. The van der Waals surface area contributed by atoms with Crippen LogP contribution in [0.2, 0.25) is 0 Å². The van der Waals surface area contributed by atoms with Crippen LogP contribution >= 0.6 is 0 Å². The minimum atomic E-state index is -0.0863. The normalized spacial score (nSPS) is 50.1. The van der Waals surface area contributed by atoms with E-state index in [2.05, 4.69) is 60.6 Å². The van der Waals surface area contributed by atoms with Crippen LogP contribution in [-0.2, 0) is 9.53 Å². The minimum absolute atomic E-state index is 0.0863. The summed E-state index contributed by atoms with van der Waals surface area (Å²) in [6.45, 7) is 19.1. The Labute approximate surface area is 216 Å². The van der Waals surface area contributed by atoms with E-state index in [1.165, 1.54) is 57.8 Å². The molecule has 0 bridgehead atoms. The van der Waals surface area contributed by atoms with Crippen LogP contribution in [0, 0.1) is 63.1 Å². The molecule has 0 heterocycles. The minimum Gasteiger partial charge on any atom is -0.462 e. The lowest BCUT2D eigenvalue weighted by atomic mass is 9.43. The summed E-state index contributed by atoms with van der Waals surface area (Å²) in [4.78, 5) is 11.7. The van der Waals surface area contributed by atoms with E-state index >= 15 is 0 Å². The molecule has 0 aromatic carbocycles. The average molecular weight is 483 g/mol. The lowest BCUT2D eigenvalue weighted by Gasteiger charge is -2.62. The number of rotatable bonds is 6. The number of fused-ring (bicyclic) bond motifs is 2. The van der Waals surface area contributed by atoms with E-state index in [1.54, 1.807) is 6.92 Å². The lowest BCUT2D eigenvalue weighted by molar-refractivity contribution is -0.164. The second kappa shape index (κ2) is 8.62. The maximum atomic E-state index is 11.7. The van der Waals surface area contributed by atoms with Crippen LogP contribution in [0.1, 0.15) is 120 Å². The number of ether oxygens (including phenoxy) is 1. The quantitative estimate of drug-likeness (QED) is 0.279. The highest BCUT2D eigenvalue weighted by atomic mass is 16.5. The van der Waals surface area contributed by atoms with Crippen molar-refractivity contribution in [2.75, 3.05) is 0 Å². The maximum absolute atomic E-state index is 11.7. The molecular formula is C33H54O2. The standard InChI is InChI=1S/C33H54O2/c1-9-25(21(2)3)11-10-22(4)26-14-16-31(8)29-13-12-27-23(5)28(35-24(6)34)15-17-32(27)20-33(29,32)19-18-30(26,31)7/h10-11,21-23,25-29H,9,12-20H2,1-8H3/b11-10+/t22-,23+,25-,26-,27?,28+,29?,30-,31+,32-,33+/m1/s1. The molecule has 0 saturated heterocycles. The van der Waals surface area contributed by atoms with Crippen molar-refractivity contribution >= 4 is 5.97 Å². The topological polar surface area (TPSA) is 26.3 Å². The van der Waals surface area contributed by atoms with E-state index in [9.17, 15) is 4.79 Å². The van der Waals surface area contributed by atoms with Gasteiger partial charge in [0.1, 0.15) is 6.10 Å². The fraction of sp³-hybridized carbons (Fsp3) is 0.909. The molecule has 2 unspecified atom stereocenters. The summed E-state index contributed by atoms with van der Waals surface area (Å²) in [5.74, 6) is 5.10. The van der Waals surface area contributed by atoms with Crippen molar-refractivity contribution in [3.05, 3.63) is 12.2 Å². The molecule has 5 rings (SSSR count). The molecule has 198 valence electrons. The van der Waals surface area contributed by atoms with E-state index in [1.807, 2.05) is 0 Å². The molecule has 11 atom stereocenters. The van der Waals surface area contributed by atoms with Gasteiger partial charge in [0, 0.05) is 6.92 Å². The molecule has 0 radical (unpaired) electrons. The van der Waals surface area contributed by atoms with E-state index < -0.39 is 0 Å². The molecule has 5 saturated carbocycles. The molecule has 0 amide bonds. The van der Waals surface area contributed by atoms with Gasteiger partial charge in [0.2, 0.25) is 0 Å². The van der Waals surface area contributed by atoms with Gasteiger partial charge in [0.25, 0.3) is 0 Å². The summed E-state index contributed by atoms with van der Waals surface area (Å²) in [5, 5.41) is 0. The Bertz CT molecular complexity index is 859. The molecule has 0 aliphatic heterocycles. The van der Waals surface area contributed by atoms with Crippen LogP contribution in [0.3, 0.4) is 0 Å². The first-order chi connectivity index (χ1) is 16.5. The number of esters is 1. The summed E-state index contributed by atoms with van der Waals surface area (Å²) in [6, 6.07) is 0. The predicted octanol–water partition coefficient (Wildman–Crippen LogP) is 8.84. The van der Waals surface area contributed by atoms with E-state index in [0.717, 1.165) is 36.0 Å². The first-order valence-corrected chi connectivity index (χ1v) is 15.3. The Morgan fingerprint density at radius 2 is 1.69 bits per heavy atom. The van der Waals surface area contributed by atoms with Crippen LogP contribution in [0.5, 0.6) is 0 Å². The van der Waals surface area contributed by atoms with Gasteiger partial charge in [-0.15, -0.1) is 0 Å². The Hall–Kier alpha value is -0.790. The average Bonchev–Trinajstić information content (AvgIpc) is 3.38. The summed E-state index contributed by atoms with van der Waals surface area (Å²) in [7, 11) is 0. The molecule has 0 aromatic heterocycles. The summed E-state index contributed by atoms with van der Waals surface area (Å²) in [6.07, 6.45) is 19.0. The van der Waals surface area contributed by atoms with Crippen LogP contribution in [0.25, 0.3) is 0 Å². The molecule has 5 aliphatic carbocycles. The van der Waals surface area contributed by atoms with Crippen LogP contribution in [-0.4, -0.2) is 12.1 Å². The largest absolute Gasteiger partial charge is 0.462 e. The molecule has 0 N–H and O–H groups in total. The molecule has 2 heteroatoms. The zero-order valence-electron chi connectivity index (χ0n) is 24.2. The Balaban J connectivity index is 1.36. The van der Waals surface area contributed by atoms with Gasteiger partial charge in [-0.05, 0) is 127 Å². The first kappa shape index (κ1) is 25.8. The van der Waals surface area contributed by atoms with Gasteiger partial charge in [-0.3, -0.25) is 4.79 Å². The van der Waals surface area contributed by atoms with Crippen molar-refractivity contribution in [2.24, 2.45) is 63.1 Å². The van der Waals surface area contributed by atoms with Gasteiger partial charge in [-0.2, -0.15) is 0 Å². The fourth-order valence-electron chi connectivity index (χ4n) is 11.6. The van der Waals surface area contributed by atoms with Crippen molar-refractivity contribution in [1.82, 2.24) is 0 Å². The van der Waals surface area contributed by atoms with Gasteiger partial charge in [0.15, 0.2) is 0 Å². The first-order valence-electron chi connectivity index (χ1n) is 15.3. The third-order valence-corrected chi connectivity index (χ3v) is 13.6. The molecule has 5 fully saturated rings. The van der Waals surface area contributed by atoms with Crippen molar-refractivity contribution in [2.45, 2.75) is 126 Å². The van der Waals surface area contributed by atoms with E-state index in [4.69, 9.17) is 4.74 Å². The van der Waals surface area contributed by atoms with E-state index in [0.29, 0.717) is 33.5 Å². The van der Waals surface area contributed by atoms with Gasteiger partial charge in [0.05, 0.1) is 0 Å². The van der Waals surface area contributed by atoms with Crippen molar-refractivity contribution in [3.63, 3.8) is 0 Å². The summed E-state index contributed by atoms with van der Waals surface area (Å²) < 4.78 is 5.81. The predicted molar refractivity (Wildman–Crippen MR) is 145 cm³/mol. The molecule has 2 nitrogen and oxygen atoms in total. The number of allylic oxidation sites excluding steroid dienone is 2. The van der Waals surface area contributed by atoms with Gasteiger partial charge in [-0.25, -0.2) is 0 Å². The third kappa shape index (κ3) is 3.49. The molecule has 35 heavy (non-hydrogen) atoms. The van der Waals surface area contributed by atoms with E-state index in [-0.39, 0.29) is 12.1 Å². The van der Waals surface area contributed by atoms with Gasteiger partial charge < -0.3 is 4.74 Å². The second-order valence-corrected chi connectivity index (χ2v) is 14.8. The van der Waals surface area contributed by atoms with Crippen molar-refractivity contribution in [1.29, 1.82) is 0 Å². The second-order valence-electron chi connectivity index (χ2n) is 14.8. The highest BCUT2D eigenvalue weighted by Gasteiger charge is 2.81. The molecule has 0 aromatic rings. The summed E-state index contributed by atoms with van der Waals surface area (Å²) >= 11 is 0. The third-order valence-electron chi connectivity index (χ3n) is 13.6. The number of hydrogen-bond donors (Lipinski definition) is 0. The molecular weight excluding hydrogens is 428 g/mol. The highest BCUT2D eigenvalue weighted by molar-refractivity contribution is 5.66. The number of carbonyl (C=O) groups excluding carboxylic acids is 1. The van der Waals surface area contributed by atoms with Crippen LogP contribution in [0.15, 0.2) is 12.2 Å². The summed E-state index contributed by atoms with van der Waals surface area (Å²) in [5.41, 5.74) is 2.12. The zero-order chi connectivity index (χ0) is 25.4. The number of carbonyl (C=O) groups is 1. The number of hydrogen-bond acceptors (Lipinski definition) is 2.